The van der Waals surface area contributed by atoms with Crippen molar-refractivity contribution >= 4 is 5.91 Å². The van der Waals surface area contributed by atoms with E-state index in [0.29, 0.717) is 11.5 Å². The summed E-state index contributed by atoms with van der Waals surface area (Å²) in [4.78, 5) is 29.9. The van der Waals surface area contributed by atoms with Gasteiger partial charge >= 0.3 is 0 Å². The van der Waals surface area contributed by atoms with Crippen LogP contribution in [-0.4, -0.2) is 25.8 Å². The molecule has 1 aliphatic carbocycles. The highest BCUT2D eigenvalue weighted by Crippen LogP contribution is 2.29. The minimum Gasteiger partial charge on any atom is -0.344 e. The molecule has 0 saturated heterocycles. The van der Waals surface area contributed by atoms with Crippen LogP contribution in [0.5, 0.6) is 0 Å². The molecule has 3 aromatic rings. The molecule has 1 amide bonds. The van der Waals surface area contributed by atoms with Crippen LogP contribution in [-0.2, 0) is 6.42 Å². The maximum atomic E-state index is 12.4. The van der Waals surface area contributed by atoms with Crippen LogP contribution in [0.15, 0.2) is 55.0 Å². The van der Waals surface area contributed by atoms with Crippen LogP contribution in [0.25, 0.3) is 11.5 Å². The van der Waals surface area contributed by atoms with Gasteiger partial charge in [0.05, 0.1) is 6.04 Å². The third-order valence-corrected chi connectivity index (χ3v) is 4.28. The Morgan fingerprint density at radius 3 is 2.64 bits per heavy atom. The molecular formula is C19H17N5O. The molecule has 0 bridgehead atoms. The Kier molecular flexibility index (Phi) is 4.16. The molecule has 1 unspecified atom stereocenters. The van der Waals surface area contributed by atoms with Gasteiger partial charge < -0.3 is 5.32 Å². The molecule has 0 saturated carbocycles. The number of hydrogen-bond donors (Lipinski definition) is 1. The number of rotatable bonds is 3. The third kappa shape index (κ3) is 3.24. The van der Waals surface area contributed by atoms with Gasteiger partial charge in [-0.15, -0.1) is 0 Å². The van der Waals surface area contributed by atoms with Gasteiger partial charge in [-0.2, -0.15) is 0 Å². The smallest absolute Gasteiger partial charge is 0.270 e. The van der Waals surface area contributed by atoms with Crippen molar-refractivity contribution in [3.8, 4) is 11.5 Å². The Balaban J connectivity index is 1.59. The minimum atomic E-state index is -0.174. The van der Waals surface area contributed by atoms with E-state index in [-0.39, 0.29) is 11.9 Å². The molecule has 6 nitrogen and oxygen atoms in total. The van der Waals surface area contributed by atoms with Crippen molar-refractivity contribution in [2.45, 2.75) is 25.3 Å². The number of nitrogens with one attached hydrogen (secondary N) is 1. The number of carbonyl (C=O) groups excluding carboxylic acids is 1. The molecule has 3 heterocycles. The molecule has 0 spiro atoms. The Labute approximate surface area is 145 Å². The van der Waals surface area contributed by atoms with E-state index in [9.17, 15) is 4.79 Å². The van der Waals surface area contributed by atoms with Gasteiger partial charge in [0.2, 0.25) is 0 Å². The lowest BCUT2D eigenvalue weighted by atomic mass is 9.92. The first-order valence-electron chi connectivity index (χ1n) is 8.30. The second-order valence-corrected chi connectivity index (χ2v) is 5.94. The number of fused-ring (bicyclic) bond motifs is 1. The lowest BCUT2D eigenvalue weighted by molar-refractivity contribution is 0.0927. The molecule has 124 valence electrons. The first kappa shape index (κ1) is 15.4. The van der Waals surface area contributed by atoms with Crippen LogP contribution < -0.4 is 5.32 Å². The zero-order valence-electron chi connectivity index (χ0n) is 13.6. The number of aromatic nitrogens is 4. The Hall–Kier alpha value is -3.15. The predicted octanol–water partition coefficient (Wildman–Crippen LogP) is 2.74. The Bertz CT molecular complexity index is 883. The van der Waals surface area contributed by atoms with E-state index in [2.05, 4.69) is 25.3 Å². The van der Waals surface area contributed by atoms with Gasteiger partial charge in [0.25, 0.3) is 5.91 Å². The third-order valence-electron chi connectivity index (χ3n) is 4.28. The zero-order valence-corrected chi connectivity index (χ0v) is 13.6. The molecule has 0 fully saturated rings. The topological polar surface area (TPSA) is 80.7 Å². The van der Waals surface area contributed by atoms with Crippen LogP contribution in [0.1, 0.15) is 40.6 Å². The lowest BCUT2D eigenvalue weighted by Gasteiger charge is -2.25. The fourth-order valence-corrected chi connectivity index (χ4v) is 3.04. The number of amides is 1. The molecule has 4 rings (SSSR count). The quantitative estimate of drug-likeness (QED) is 0.798. The summed E-state index contributed by atoms with van der Waals surface area (Å²) in [7, 11) is 0. The molecule has 0 radical (unpaired) electrons. The molecule has 1 atom stereocenters. The molecule has 0 aliphatic heterocycles. The Morgan fingerprint density at radius 1 is 1.04 bits per heavy atom. The summed E-state index contributed by atoms with van der Waals surface area (Å²) in [6.45, 7) is 0. The van der Waals surface area contributed by atoms with Crippen LogP contribution in [0.2, 0.25) is 0 Å². The average Bonchev–Trinajstić information content (AvgIpc) is 2.69. The summed E-state index contributed by atoms with van der Waals surface area (Å²) in [5, 5.41) is 3.05. The standard InChI is InChI=1S/C19H17N5O/c25-19(17-7-2-4-11-21-17)24-15-9-5-8-14-13(15)12-22-18(23-14)16-6-1-3-10-20-16/h1-4,6-7,10-12,15H,5,8-9H2,(H,24,25). The van der Waals surface area contributed by atoms with Gasteiger partial charge in [0, 0.05) is 29.8 Å². The maximum Gasteiger partial charge on any atom is 0.270 e. The van der Waals surface area contributed by atoms with E-state index in [1.165, 1.54) is 0 Å². The van der Waals surface area contributed by atoms with E-state index < -0.39 is 0 Å². The van der Waals surface area contributed by atoms with Crippen molar-refractivity contribution in [2.24, 2.45) is 0 Å². The van der Waals surface area contributed by atoms with Gasteiger partial charge in [-0.1, -0.05) is 12.1 Å². The van der Waals surface area contributed by atoms with Crippen LogP contribution in [0, 0.1) is 0 Å². The van der Waals surface area contributed by atoms with Gasteiger partial charge in [0.15, 0.2) is 5.82 Å². The second kappa shape index (κ2) is 6.76. The van der Waals surface area contributed by atoms with E-state index in [1.807, 2.05) is 24.4 Å². The Morgan fingerprint density at radius 2 is 1.88 bits per heavy atom. The first-order valence-corrected chi connectivity index (χ1v) is 8.30. The van der Waals surface area contributed by atoms with Gasteiger partial charge in [-0.05, 0) is 43.5 Å². The first-order chi connectivity index (χ1) is 12.3. The molecule has 0 aromatic carbocycles. The largest absolute Gasteiger partial charge is 0.344 e. The fraction of sp³-hybridized carbons (Fsp3) is 0.211. The molecule has 1 aliphatic rings. The normalized spacial score (nSPS) is 16.1. The second-order valence-electron chi connectivity index (χ2n) is 5.94. The molecule has 3 aromatic heterocycles. The summed E-state index contributed by atoms with van der Waals surface area (Å²) < 4.78 is 0. The molecule has 6 heteroatoms. The summed E-state index contributed by atoms with van der Waals surface area (Å²) in [6.07, 6.45) is 7.89. The van der Waals surface area contributed by atoms with E-state index >= 15 is 0 Å². The van der Waals surface area contributed by atoms with Crippen molar-refractivity contribution in [2.75, 3.05) is 0 Å². The van der Waals surface area contributed by atoms with Gasteiger partial charge in [-0.3, -0.25) is 14.8 Å². The minimum absolute atomic E-state index is 0.0870. The van der Waals surface area contributed by atoms with Crippen LogP contribution >= 0.6 is 0 Å². The number of nitrogens with zero attached hydrogens (tertiary/aromatic N) is 4. The lowest BCUT2D eigenvalue weighted by Crippen LogP contribution is -2.32. The van der Waals surface area contributed by atoms with E-state index in [1.54, 1.807) is 30.6 Å². The highest BCUT2D eigenvalue weighted by atomic mass is 16.1. The summed E-state index contributed by atoms with van der Waals surface area (Å²) in [5.41, 5.74) is 3.13. The maximum absolute atomic E-state index is 12.4. The van der Waals surface area contributed by atoms with Crippen molar-refractivity contribution in [1.29, 1.82) is 0 Å². The summed E-state index contributed by atoms with van der Waals surface area (Å²) in [5.74, 6) is 0.448. The average molecular weight is 331 g/mol. The monoisotopic (exact) mass is 331 g/mol. The van der Waals surface area contributed by atoms with Gasteiger partial charge in [0.1, 0.15) is 11.4 Å². The molecule has 25 heavy (non-hydrogen) atoms. The van der Waals surface area contributed by atoms with Crippen LogP contribution in [0.4, 0.5) is 0 Å². The summed E-state index contributed by atoms with van der Waals surface area (Å²) >= 11 is 0. The van der Waals surface area contributed by atoms with Gasteiger partial charge in [-0.25, -0.2) is 9.97 Å². The number of aryl methyl sites for hydroxylation is 1. The van der Waals surface area contributed by atoms with E-state index in [4.69, 9.17) is 0 Å². The number of pyridine rings is 2. The van der Waals surface area contributed by atoms with Crippen molar-refractivity contribution in [3.05, 3.63) is 71.9 Å². The predicted molar refractivity (Wildman–Crippen MR) is 92.6 cm³/mol. The fourth-order valence-electron chi connectivity index (χ4n) is 3.04. The highest BCUT2D eigenvalue weighted by Gasteiger charge is 2.24. The highest BCUT2D eigenvalue weighted by molar-refractivity contribution is 5.92. The number of carbonyl (C=O) groups is 1. The number of hydrogen-bond acceptors (Lipinski definition) is 5. The van der Waals surface area contributed by atoms with Crippen LogP contribution in [0.3, 0.4) is 0 Å². The molecule has 1 N–H and O–H groups in total. The molecular weight excluding hydrogens is 314 g/mol. The van der Waals surface area contributed by atoms with Crippen molar-refractivity contribution in [3.63, 3.8) is 0 Å². The summed E-state index contributed by atoms with van der Waals surface area (Å²) in [6, 6.07) is 10.9. The zero-order chi connectivity index (χ0) is 17.1. The van der Waals surface area contributed by atoms with Crippen molar-refractivity contribution < 1.29 is 4.79 Å². The van der Waals surface area contributed by atoms with E-state index in [0.717, 1.165) is 36.2 Å². The van der Waals surface area contributed by atoms with Crippen molar-refractivity contribution in [1.82, 2.24) is 25.3 Å². The SMILES string of the molecule is O=C(NC1CCCc2nc(-c3ccccn3)ncc21)c1ccccn1.